The van der Waals surface area contributed by atoms with Gasteiger partial charge in [0.25, 0.3) is 5.91 Å². The number of hydrogen-bond donors (Lipinski definition) is 1. The zero-order valence-corrected chi connectivity index (χ0v) is 13.0. The van der Waals surface area contributed by atoms with Crippen molar-refractivity contribution in [3.63, 3.8) is 0 Å². The fraction of sp³-hybridized carbons (Fsp3) is 0.500. The first-order valence-corrected chi connectivity index (χ1v) is 7.04. The van der Waals surface area contributed by atoms with Crippen LogP contribution in [0.4, 0.5) is 5.69 Å². The highest BCUT2D eigenvalue weighted by molar-refractivity contribution is 5.98. The van der Waals surface area contributed by atoms with E-state index >= 15 is 0 Å². The number of anilines is 1. The topological polar surface area (TPSA) is 71.3 Å². The summed E-state index contributed by atoms with van der Waals surface area (Å²) >= 11 is 0. The molecule has 1 atom stereocenters. The fourth-order valence-corrected chi connectivity index (χ4v) is 2.15. The van der Waals surface area contributed by atoms with Gasteiger partial charge in [-0.1, -0.05) is 13.3 Å². The Labute approximate surface area is 125 Å². The number of rotatable bonds is 7. The van der Waals surface area contributed by atoms with Crippen LogP contribution in [-0.2, 0) is 9.53 Å². The van der Waals surface area contributed by atoms with Crippen LogP contribution in [0, 0.1) is 11.3 Å². The first-order valence-electron chi connectivity index (χ1n) is 7.04. The van der Waals surface area contributed by atoms with Gasteiger partial charge < -0.3 is 14.8 Å². The van der Waals surface area contributed by atoms with E-state index in [1.54, 1.807) is 25.1 Å². The number of benzene rings is 1. The largest absolute Gasteiger partial charge is 0.497 e. The fourth-order valence-electron chi connectivity index (χ4n) is 2.15. The van der Waals surface area contributed by atoms with Crippen LogP contribution in [0.25, 0.3) is 0 Å². The lowest BCUT2D eigenvalue weighted by Gasteiger charge is -2.28. The molecule has 5 heteroatoms. The Morgan fingerprint density at radius 2 is 2.14 bits per heavy atom. The molecule has 0 aliphatic carbocycles. The lowest BCUT2D eigenvalue weighted by molar-refractivity contribution is -0.139. The highest BCUT2D eigenvalue weighted by atomic mass is 16.5. The lowest BCUT2D eigenvalue weighted by atomic mass is 9.98. The molecule has 0 aliphatic heterocycles. The molecule has 0 spiro atoms. The second-order valence-electron chi connectivity index (χ2n) is 4.89. The number of hydrogen-bond acceptors (Lipinski definition) is 4. The van der Waals surface area contributed by atoms with Gasteiger partial charge in [-0.3, -0.25) is 4.79 Å². The number of ether oxygens (including phenoxy) is 2. The van der Waals surface area contributed by atoms with E-state index < -0.39 is 5.60 Å². The molecular formula is C16H22N2O3. The van der Waals surface area contributed by atoms with Gasteiger partial charge in [-0.2, -0.15) is 5.26 Å². The predicted molar refractivity (Wildman–Crippen MR) is 81.3 cm³/mol. The van der Waals surface area contributed by atoms with Crippen LogP contribution in [0.15, 0.2) is 18.2 Å². The number of nitrogens with one attached hydrogen (secondary N) is 1. The van der Waals surface area contributed by atoms with Crippen LogP contribution in [0.5, 0.6) is 5.75 Å². The molecule has 1 amide bonds. The number of nitriles is 1. The maximum Gasteiger partial charge on any atom is 0.256 e. The summed E-state index contributed by atoms with van der Waals surface area (Å²) in [6.45, 7) is 6.08. The molecule has 5 nitrogen and oxygen atoms in total. The highest BCUT2D eigenvalue weighted by Crippen LogP contribution is 2.25. The summed E-state index contributed by atoms with van der Waals surface area (Å²) in [5.41, 5.74) is -0.0701. The van der Waals surface area contributed by atoms with E-state index in [9.17, 15) is 10.1 Å². The van der Waals surface area contributed by atoms with E-state index in [1.807, 2.05) is 13.8 Å². The van der Waals surface area contributed by atoms with Gasteiger partial charge >= 0.3 is 0 Å². The van der Waals surface area contributed by atoms with Crippen molar-refractivity contribution in [1.82, 2.24) is 0 Å². The Morgan fingerprint density at radius 3 is 2.67 bits per heavy atom. The molecule has 114 valence electrons. The summed E-state index contributed by atoms with van der Waals surface area (Å²) in [4.78, 5) is 12.5. The van der Waals surface area contributed by atoms with Crippen molar-refractivity contribution >= 4 is 11.6 Å². The van der Waals surface area contributed by atoms with E-state index in [1.165, 1.54) is 7.11 Å². The van der Waals surface area contributed by atoms with Crippen molar-refractivity contribution in [2.24, 2.45) is 0 Å². The summed E-state index contributed by atoms with van der Waals surface area (Å²) in [5.74, 6) is 0.332. The third-order valence-corrected chi connectivity index (χ3v) is 3.27. The summed E-state index contributed by atoms with van der Waals surface area (Å²) in [7, 11) is 1.53. The summed E-state index contributed by atoms with van der Waals surface area (Å²) < 4.78 is 10.7. The molecule has 0 bridgehead atoms. The normalized spacial score (nSPS) is 13.1. The molecule has 0 saturated heterocycles. The van der Waals surface area contributed by atoms with Gasteiger partial charge in [-0.15, -0.1) is 0 Å². The molecule has 0 fully saturated rings. The first kappa shape index (κ1) is 17.0. The predicted octanol–water partition coefficient (Wildman–Crippen LogP) is 3.10. The average molecular weight is 290 g/mol. The zero-order valence-electron chi connectivity index (χ0n) is 13.0. The van der Waals surface area contributed by atoms with E-state index in [0.29, 0.717) is 30.0 Å². The molecule has 0 aliphatic rings. The number of carbonyl (C=O) groups excluding carboxylic acids is 1. The molecule has 0 heterocycles. The quantitative estimate of drug-likeness (QED) is 0.837. The zero-order chi connectivity index (χ0) is 15.9. The molecule has 0 saturated carbocycles. The SMILES string of the molecule is CCC[C@](C)(OCC)C(=O)Nc1ccc(OC)cc1C#N. The Balaban J connectivity index is 2.99. The van der Waals surface area contributed by atoms with Gasteiger partial charge in [-0.05, 0) is 38.5 Å². The number of carbonyl (C=O) groups is 1. The minimum Gasteiger partial charge on any atom is -0.497 e. The molecule has 21 heavy (non-hydrogen) atoms. The second kappa shape index (κ2) is 7.65. The molecule has 1 aromatic rings. The van der Waals surface area contributed by atoms with Gasteiger partial charge in [0, 0.05) is 6.61 Å². The molecule has 1 N–H and O–H groups in total. The molecule has 1 rings (SSSR count). The monoisotopic (exact) mass is 290 g/mol. The third-order valence-electron chi connectivity index (χ3n) is 3.27. The van der Waals surface area contributed by atoms with Crippen molar-refractivity contribution in [3.05, 3.63) is 23.8 Å². The average Bonchev–Trinajstić information content (AvgIpc) is 2.48. The van der Waals surface area contributed by atoms with Gasteiger partial charge in [0.2, 0.25) is 0 Å². The van der Waals surface area contributed by atoms with Crippen molar-refractivity contribution in [2.75, 3.05) is 19.0 Å². The molecule has 0 unspecified atom stereocenters. The Bertz CT molecular complexity index is 529. The van der Waals surface area contributed by atoms with Crippen LogP contribution in [0.2, 0.25) is 0 Å². The van der Waals surface area contributed by atoms with Crippen LogP contribution in [-0.4, -0.2) is 25.2 Å². The van der Waals surface area contributed by atoms with Gasteiger partial charge in [0.05, 0.1) is 18.4 Å². The smallest absolute Gasteiger partial charge is 0.256 e. The first-order chi connectivity index (χ1) is 10.0. The Morgan fingerprint density at radius 1 is 1.43 bits per heavy atom. The van der Waals surface area contributed by atoms with E-state index in [-0.39, 0.29) is 5.91 Å². The highest BCUT2D eigenvalue weighted by Gasteiger charge is 2.33. The molecular weight excluding hydrogens is 268 g/mol. The maximum atomic E-state index is 12.5. The van der Waals surface area contributed by atoms with Crippen molar-refractivity contribution < 1.29 is 14.3 Å². The number of methoxy groups -OCH3 is 1. The standard InChI is InChI=1S/C16H22N2O3/c1-5-9-16(3,21-6-2)15(19)18-14-8-7-13(20-4)10-12(14)11-17/h7-8,10H,5-6,9H2,1-4H3,(H,18,19)/t16-/m0/s1. The number of amides is 1. The van der Waals surface area contributed by atoms with Gasteiger partial charge in [0.1, 0.15) is 17.4 Å². The van der Waals surface area contributed by atoms with Crippen molar-refractivity contribution in [1.29, 1.82) is 5.26 Å². The van der Waals surface area contributed by atoms with Crippen LogP contribution in [0.1, 0.15) is 39.2 Å². The molecule has 0 aromatic heterocycles. The Kier molecular flexibility index (Phi) is 6.19. The summed E-state index contributed by atoms with van der Waals surface area (Å²) in [5, 5.41) is 12.0. The van der Waals surface area contributed by atoms with Gasteiger partial charge in [0.15, 0.2) is 0 Å². The van der Waals surface area contributed by atoms with E-state index in [4.69, 9.17) is 9.47 Å². The van der Waals surface area contributed by atoms with Gasteiger partial charge in [-0.25, -0.2) is 0 Å². The third kappa shape index (κ3) is 4.20. The van der Waals surface area contributed by atoms with E-state index in [2.05, 4.69) is 11.4 Å². The minimum absolute atomic E-state index is 0.243. The lowest BCUT2D eigenvalue weighted by Crippen LogP contribution is -2.42. The van der Waals surface area contributed by atoms with Crippen LogP contribution < -0.4 is 10.1 Å². The second-order valence-corrected chi connectivity index (χ2v) is 4.89. The maximum absolute atomic E-state index is 12.5. The number of nitrogens with zero attached hydrogens (tertiary/aromatic N) is 1. The van der Waals surface area contributed by atoms with Crippen LogP contribution >= 0.6 is 0 Å². The Hall–Kier alpha value is -2.06. The summed E-state index contributed by atoms with van der Waals surface area (Å²) in [6.07, 6.45) is 1.45. The summed E-state index contributed by atoms with van der Waals surface area (Å²) in [6, 6.07) is 7.01. The van der Waals surface area contributed by atoms with Crippen molar-refractivity contribution in [3.8, 4) is 11.8 Å². The van der Waals surface area contributed by atoms with E-state index in [0.717, 1.165) is 6.42 Å². The van der Waals surface area contributed by atoms with Crippen molar-refractivity contribution in [2.45, 2.75) is 39.2 Å². The molecule has 0 radical (unpaired) electrons. The molecule has 1 aromatic carbocycles. The van der Waals surface area contributed by atoms with Crippen LogP contribution in [0.3, 0.4) is 0 Å². The minimum atomic E-state index is -0.893.